The van der Waals surface area contributed by atoms with Crippen molar-refractivity contribution in [2.45, 2.75) is 40.5 Å². The lowest BCUT2D eigenvalue weighted by Gasteiger charge is -2.38. The monoisotopic (exact) mass is 492 g/mol. The standard InChI is InChI=1S/C30H37O4P/c1-24(2)20-21-30(25(3)4,22-33-29(31)26-14-8-5-9-15-26)23-34-35(32,27-16-10-6-11-17-27)28-18-12-7-13-19-28/h5-19,24-25H,20-23H2,1-4H3. The largest absolute Gasteiger partial charge is 0.461 e. The van der Waals surface area contributed by atoms with E-state index in [0.717, 1.165) is 12.8 Å². The summed E-state index contributed by atoms with van der Waals surface area (Å²) >= 11 is 0. The Morgan fingerprint density at radius 1 is 0.771 bits per heavy atom. The maximum atomic E-state index is 14.5. The third-order valence-corrected chi connectivity index (χ3v) is 9.12. The van der Waals surface area contributed by atoms with Crippen molar-refractivity contribution < 1.29 is 18.6 Å². The molecular formula is C30H37O4P. The SMILES string of the molecule is CC(C)CCC(COC(=O)c1ccccc1)(COP(=O)(c1ccccc1)c1ccccc1)C(C)C. The molecule has 0 saturated carbocycles. The van der Waals surface area contributed by atoms with Crippen LogP contribution in [-0.2, 0) is 13.8 Å². The molecule has 3 aromatic carbocycles. The van der Waals surface area contributed by atoms with Gasteiger partial charge in [0.1, 0.15) is 0 Å². The van der Waals surface area contributed by atoms with Gasteiger partial charge in [-0.05, 0) is 54.7 Å². The average Bonchev–Trinajstić information content (AvgIpc) is 2.89. The van der Waals surface area contributed by atoms with E-state index in [1.165, 1.54) is 0 Å². The second kappa shape index (κ2) is 12.3. The van der Waals surface area contributed by atoms with E-state index in [0.29, 0.717) is 22.1 Å². The predicted molar refractivity (Wildman–Crippen MR) is 144 cm³/mol. The molecule has 5 heteroatoms. The molecule has 1 atom stereocenters. The Bertz CT molecular complexity index is 1050. The van der Waals surface area contributed by atoms with Crippen LogP contribution in [0.4, 0.5) is 0 Å². The highest BCUT2D eigenvalue weighted by molar-refractivity contribution is 7.74. The lowest BCUT2D eigenvalue weighted by atomic mass is 9.74. The fraction of sp³-hybridized carbons (Fsp3) is 0.367. The molecule has 0 aliphatic rings. The van der Waals surface area contributed by atoms with E-state index in [4.69, 9.17) is 9.26 Å². The van der Waals surface area contributed by atoms with E-state index in [1.54, 1.807) is 12.1 Å². The molecule has 3 aromatic rings. The fourth-order valence-corrected chi connectivity index (χ4v) is 6.18. The molecule has 0 N–H and O–H groups in total. The normalized spacial score (nSPS) is 13.5. The molecule has 0 fully saturated rings. The zero-order valence-electron chi connectivity index (χ0n) is 21.2. The molecular weight excluding hydrogens is 455 g/mol. The van der Waals surface area contributed by atoms with E-state index in [2.05, 4.69) is 27.7 Å². The van der Waals surface area contributed by atoms with Gasteiger partial charge in [0.2, 0.25) is 0 Å². The van der Waals surface area contributed by atoms with Crippen LogP contribution in [0.5, 0.6) is 0 Å². The van der Waals surface area contributed by atoms with Crippen molar-refractivity contribution in [1.82, 2.24) is 0 Å². The molecule has 4 nitrogen and oxygen atoms in total. The number of ether oxygens (including phenoxy) is 1. The molecule has 0 amide bonds. The van der Waals surface area contributed by atoms with Crippen LogP contribution in [-0.4, -0.2) is 19.2 Å². The zero-order valence-corrected chi connectivity index (χ0v) is 22.1. The summed E-state index contributed by atoms with van der Waals surface area (Å²) in [4.78, 5) is 12.8. The Labute approximate surface area is 210 Å². The average molecular weight is 493 g/mol. The maximum absolute atomic E-state index is 14.5. The zero-order chi connectivity index (χ0) is 25.3. The van der Waals surface area contributed by atoms with E-state index in [1.807, 2.05) is 78.9 Å². The third-order valence-electron chi connectivity index (χ3n) is 6.67. The first-order chi connectivity index (χ1) is 16.8. The molecule has 1 unspecified atom stereocenters. The Hall–Kier alpha value is -2.68. The summed E-state index contributed by atoms with van der Waals surface area (Å²) in [6.07, 6.45) is 1.75. The summed E-state index contributed by atoms with van der Waals surface area (Å²) in [5, 5.41) is 1.32. The minimum atomic E-state index is -3.35. The number of rotatable bonds is 12. The molecule has 3 rings (SSSR count). The molecule has 0 spiro atoms. The number of carbonyl (C=O) groups excluding carboxylic acids is 1. The van der Waals surface area contributed by atoms with Crippen molar-refractivity contribution in [3.8, 4) is 0 Å². The van der Waals surface area contributed by atoms with Crippen LogP contribution in [0, 0.1) is 17.3 Å². The summed E-state index contributed by atoms with van der Waals surface area (Å²) in [7, 11) is -3.35. The van der Waals surface area contributed by atoms with Crippen molar-refractivity contribution in [2.75, 3.05) is 13.2 Å². The lowest BCUT2D eigenvalue weighted by molar-refractivity contribution is -0.0109. The van der Waals surface area contributed by atoms with Crippen LogP contribution < -0.4 is 10.6 Å². The van der Waals surface area contributed by atoms with Gasteiger partial charge >= 0.3 is 5.97 Å². The molecule has 0 radical (unpaired) electrons. The van der Waals surface area contributed by atoms with E-state index in [-0.39, 0.29) is 25.1 Å². The number of carbonyl (C=O) groups is 1. The Morgan fingerprint density at radius 2 is 1.26 bits per heavy atom. The minimum absolute atomic E-state index is 0.143. The van der Waals surface area contributed by atoms with Gasteiger partial charge in [-0.3, -0.25) is 4.57 Å². The van der Waals surface area contributed by atoms with Crippen LogP contribution in [0.15, 0.2) is 91.0 Å². The topological polar surface area (TPSA) is 52.6 Å². The quantitative estimate of drug-likeness (QED) is 0.205. The predicted octanol–water partition coefficient (Wildman–Crippen LogP) is 6.87. The molecule has 0 heterocycles. The summed E-state index contributed by atoms with van der Waals surface area (Å²) in [5.41, 5.74) is 0.0441. The van der Waals surface area contributed by atoms with Crippen LogP contribution in [0.3, 0.4) is 0 Å². The smallest absolute Gasteiger partial charge is 0.338 e. The van der Waals surface area contributed by atoms with Crippen molar-refractivity contribution in [3.63, 3.8) is 0 Å². The molecule has 0 aromatic heterocycles. The van der Waals surface area contributed by atoms with E-state index < -0.39 is 12.8 Å². The van der Waals surface area contributed by atoms with Gasteiger partial charge in [0.05, 0.1) is 18.8 Å². The summed E-state index contributed by atoms with van der Waals surface area (Å²) in [6.45, 7) is 9.03. The number of hydrogen-bond donors (Lipinski definition) is 0. The van der Waals surface area contributed by atoms with Gasteiger partial charge in [0.15, 0.2) is 0 Å². The molecule has 0 saturated heterocycles. The molecule has 0 aliphatic carbocycles. The van der Waals surface area contributed by atoms with Crippen LogP contribution in [0.25, 0.3) is 0 Å². The first-order valence-electron chi connectivity index (χ1n) is 12.3. The van der Waals surface area contributed by atoms with Gasteiger partial charge in [-0.15, -0.1) is 0 Å². The molecule has 35 heavy (non-hydrogen) atoms. The van der Waals surface area contributed by atoms with Crippen molar-refractivity contribution in [3.05, 3.63) is 96.6 Å². The van der Waals surface area contributed by atoms with E-state index in [9.17, 15) is 9.36 Å². The van der Waals surface area contributed by atoms with Gasteiger partial charge in [-0.1, -0.05) is 88.7 Å². The van der Waals surface area contributed by atoms with Gasteiger partial charge in [0, 0.05) is 16.0 Å². The highest BCUT2D eigenvalue weighted by Crippen LogP contribution is 2.48. The molecule has 0 aliphatic heterocycles. The van der Waals surface area contributed by atoms with Crippen molar-refractivity contribution in [1.29, 1.82) is 0 Å². The van der Waals surface area contributed by atoms with Gasteiger partial charge < -0.3 is 9.26 Å². The molecule has 186 valence electrons. The third kappa shape index (κ3) is 6.93. The first kappa shape index (κ1) is 26.9. The van der Waals surface area contributed by atoms with Crippen LogP contribution >= 0.6 is 7.37 Å². The number of esters is 1. The fourth-order valence-electron chi connectivity index (χ4n) is 4.02. The van der Waals surface area contributed by atoms with Crippen molar-refractivity contribution in [2.24, 2.45) is 17.3 Å². The van der Waals surface area contributed by atoms with E-state index >= 15 is 0 Å². The Kier molecular flexibility index (Phi) is 9.48. The molecule has 0 bridgehead atoms. The van der Waals surface area contributed by atoms with Crippen LogP contribution in [0.1, 0.15) is 50.9 Å². The Morgan fingerprint density at radius 3 is 1.71 bits per heavy atom. The number of hydrogen-bond acceptors (Lipinski definition) is 4. The second-order valence-electron chi connectivity index (χ2n) is 9.89. The second-order valence-corrected chi connectivity index (χ2v) is 12.3. The minimum Gasteiger partial charge on any atom is -0.461 e. The summed E-state index contributed by atoms with van der Waals surface area (Å²) < 4.78 is 26.8. The first-order valence-corrected chi connectivity index (χ1v) is 14.0. The Balaban J connectivity index is 1.91. The van der Waals surface area contributed by atoms with Crippen molar-refractivity contribution >= 4 is 23.9 Å². The van der Waals surface area contributed by atoms with Gasteiger partial charge in [-0.25, -0.2) is 4.79 Å². The summed E-state index contributed by atoms with van der Waals surface area (Å²) in [6, 6.07) is 27.8. The van der Waals surface area contributed by atoms with Crippen LogP contribution in [0.2, 0.25) is 0 Å². The highest BCUT2D eigenvalue weighted by atomic mass is 31.2. The lowest BCUT2D eigenvalue weighted by Crippen LogP contribution is -2.39. The highest BCUT2D eigenvalue weighted by Gasteiger charge is 2.39. The number of benzene rings is 3. The maximum Gasteiger partial charge on any atom is 0.338 e. The summed E-state index contributed by atoms with van der Waals surface area (Å²) in [5.74, 6) is 0.271. The van der Waals surface area contributed by atoms with Gasteiger partial charge in [-0.2, -0.15) is 0 Å². The van der Waals surface area contributed by atoms with Gasteiger partial charge in [0.25, 0.3) is 7.37 Å².